The molecule has 0 aromatic rings. The zero-order chi connectivity index (χ0) is 5.98. The molecule has 1 heterocycles. The molecule has 0 aromatic carbocycles. The third-order valence-electron chi connectivity index (χ3n) is 1.30. The van der Waals surface area contributed by atoms with Crippen molar-refractivity contribution in [3.8, 4) is 0 Å². The normalized spacial score (nSPS) is 27.6. The van der Waals surface area contributed by atoms with Crippen LogP contribution in [0.5, 0.6) is 0 Å². The van der Waals surface area contributed by atoms with Gasteiger partial charge in [-0.15, -0.1) is 0 Å². The minimum atomic E-state index is 0.378. The summed E-state index contributed by atoms with van der Waals surface area (Å²) in [5, 5.41) is 1.05. The van der Waals surface area contributed by atoms with Gasteiger partial charge in [0.2, 0.25) is 0 Å². The van der Waals surface area contributed by atoms with Crippen LogP contribution >= 0.6 is 11.8 Å². The molecule has 1 saturated heterocycles. The Morgan fingerprint density at radius 1 is 1.88 bits per heavy atom. The van der Waals surface area contributed by atoms with Gasteiger partial charge in [0.05, 0.1) is 0 Å². The maximum absolute atomic E-state index is 10.3. The third-order valence-corrected chi connectivity index (χ3v) is 2.47. The summed E-state index contributed by atoms with van der Waals surface area (Å²) >= 11 is 1.51. The number of hydrogen-bond acceptors (Lipinski definition) is 2. The molecule has 1 rings (SSSR count). The highest BCUT2D eigenvalue weighted by atomic mass is 32.2. The van der Waals surface area contributed by atoms with Gasteiger partial charge in [-0.3, -0.25) is 4.79 Å². The van der Waals surface area contributed by atoms with Gasteiger partial charge in [-0.05, 0) is 6.42 Å². The summed E-state index contributed by atoms with van der Waals surface area (Å²) in [4.78, 5) is 10.3. The quantitative estimate of drug-likeness (QED) is 0.567. The Labute approximate surface area is 53.8 Å². The predicted octanol–water partition coefficient (Wildman–Crippen LogP) is 1.82. The monoisotopic (exact) mass is 130 g/mol. The summed E-state index contributed by atoms with van der Waals surface area (Å²) in [7, 11) is 0. The second-order valence-corrected chi connectivity index (χ2v) is 3.46. The Kier molecular flexibility index (Phi) is 1.95. The topological polar surface area (TPSA) is 17.1 Å². The van der Waals surface area contributed by atoms with Crippen molar-refractivity contribution in [3.63, 3.8) is 0 Å². The van der Waals surface area contributed by atoms with Gasteiger partial charge >= 0.3 is 0 Å². The first-order valence-corrected chi connectivity index (χ1v) is 3.90. The van der Waals surface area contributed by atoms with E-state index in [0.29, 0.717) is 10.4 Å². The van der Waals surface area contributed by atoms with Crippen LogP contribution in [0.15, 0.2) is 0 Å². The molecular formula is C6H10OS. The van der Waals surface area contributed by atoms with E-state index in [2.05, 4.69) is 6.92 Å². The van der Waals surface area contributed by atoms with Crippen molar-refractivity contribution >= 4 is 16.9 Å². The fraction of sp³-hybridized carbons (Fsp3) is 0.833. The van der Waals surface area contributed by atoms with Crippen molar-refractivity contribution in [2.24, 2.45) is 0 Å². The molecule has 1 aliphatic rings. The van der Waals surface area contributed by atoms with Gasteiger partial charge in [0, 0.05) is 11.7 Å². The van der Waals surface area contributed by atoms with Crippen LogP contribution in [0, 0.1) is 0 Å². The van der Waals surface area contributed by atoms with E-state index in [0.717, 1.165) is 6.42 Å². The Morgan fingerprint density at radius 2 is 2.50 bits per heavy atom. The van der Waals surface area contributed by atoms with E-state index in [-0.39, 0.29) is 0 Å². The van der Waals surface area contributed by atoms with Gasteiger partial charge < -0.3 is 0 Å². The van der Waals surface area contributed by atoms with E-state index in [1.807, 2.05) is 0 Å². The van der Waals surface area contributed by atoms with Crippen molar-refractivity contribution < 1.29 is 4.79 Å². The molecule has 0 radical (unpaired) electrons. The highest BCUT2D eigenvalue weighted by Gasteiger charge is 2.25. The predicted molar refractivity (Wildman–Crippen MR) is 35.9 cm³/mol. The molecule has 0 amide bonds. The molecule has 0 spiro atoms. The third kappa shape index (κ3) is 1.25. The van der Waals surface area contributed by atoms with Gasteiger partial charge in [0.15, 0.2) is 5.12 Å². The minimum absolute atomic E-state index is 0.378. The van der Waals surface area contributed by atoms with Crippen LogP contribution < -0.4 is 0 Å². The van der Waals surface area contributed by atoms with Crippen LogP contribution in [0.3, 0.4) is 0 Å². The molecule has 1 nitrogen and oxygen atoms in total. The molecule has 1 fully saturated rings. The Bertz CT molecular complexity index is 92.7. The largest absolute Gasteiger partial charge is 0.287 e. The first-order chi connectivity index (χ1) is 3.83. The molecule has 1 aliphatic heterocycles. The van der Waals surface area contributed by atoms with Crippen LogP contribution in [0.1, 0.15) is 26.2 Å². The number of carbonyl (C=O) groups excluding carboxylic acids is 1. The first-order valence-electron chi connectivity index (χ1n) is 3.02. The van der Waals surface area contributed by atoms with Crippen molar-refractivity contribution in [1.29, 1.82) is 0 Å². The fourth-order valence-electron chi connectivity index (χ4n) is 0.845. The summed E-state index contributed by atoms with van der Waals surface area (Å²) < 4.78 is 0. The summed E-state index contributed by atoms with van der Waals surface area (Å²) in [6, 6.07) is 0. The summed E-state index contributed by atoms with van der Waals surface area (Å²) in [5.74, 6) is 0. The van der Waals surface area contributed by atoms with Crippen molar-refractivity contribution in [1.82, 2.24) is 0 Å². The van der Waals surface area contributed by atoms with Crippen LogP contribution in [0.25, 0.3) is 0 Å². The fourth-order valence-corrected chi connectivity index (χ4v) is 1.81. The molecule has 2 heteroatoms. The van der Waals surface area contributed by atoms with E-state index in [9.17, 15) is 4.79 Å². The van der Waals surface area contributed by atoms with Gasteiger partial charge in [-0.1, -0.05) is 25.1 Å². The Balaban J connectivity index is 2.06. The molecule has 0 aliphatic carbocycles. The van der Waals surface area contributed by atoms with Gasteiger partial charge in [-0.2, -0.15) is 0 Å². The number of thioether (sulfide) groups is 1. The molecular weight excluding hydrogens is 120 g/mol. The average molecular weight is 130 g/mol. The highest BCUT2D eigenvalue weighted by molar-refractivity contribution is 8.16. The minimum Gasteiger partial charge on any atom is -0.287 e. The van der Waals surface area contributed by atoms with E-state index >= 15 is 0 Å². The van der Waals surface area contributed by atoms with Crippen LogP contribution in [-0.2, 0) is 4.79 Å². The first kappa shape index (κ1) is 6.14. The molecule has 0 bridgehead atoms. The van der Waals surface area contributed by atoms with Crippen molar-refractivity contribution in [2.45, 2.75) is 31.4 Å². The number of hydrogen-bond donors (Lipinski definition) is 0. The summed E-state index contributed by atoms with van der Waals surface area (Å²) in [6.07, 6.45) is 3.26. The Morgan fingerprint density at radius 3 is 2.88 bits per heavy atom. The lowest BCUT2D eigenvalue weighted by Gasteiger charge is -2.21. The molecule has 1 unspecified atom stereocenters. The van der Waals surface area contributed by atoms with Crippen LogP contribution in [0.4, 0.5) is 0 Å². The molecule has 0 aromatic heterocycles. The van der Waals surface area contributed by atoms with E-state index in [4.69, 9.17) is 0 Å². The number of carbonyl (C=O) groups is 1. The molecule has 46 valence electrons. The zero-order valence-electron chi connectivity index (χ0n) is 5.02. The van der Waals surface area contributed by atoms with E-state index in [1.165, 1.54) is 24.6 Å². The second kappa shape index (κ2) is 2.53. The lowest BCUT2D eigenvalue weighted by Crippen LogP contribution is -2.20. The zero-order valence-corrected chi connectivity index (χ0v) is 5.83. The number of rotatable bonds is 2. The smallest absolute Gasteiger partial charge is 0.190 e. The molecule has 8 heavy (non-hydrogen) atoms. The van der Waals surface area contributed by atoms with Crippen molar-refractivity contribution in [3.05, 3.63) is 0 Å². The molecule has 0 saturated carbocycles. The van der Waals surface area contributed by atoms with Gasteiger partial charge in [-0.25, -0.2) is 0 Å². The summed E-state index contributed by atoms with van der Waals surface area (Å²) in [6.45, 7) is 2.16. The van der Waals surface area contributed by atoms with Crippen LogP contribution in [-0.4, -0.2) is 10.4 Å². The second-order valence-electron chi connectivity index (χ2n) is 2.10. The molecule has 1 atom stereocenters. The molecule has 0 N–H and O–H groups in total. The summed E-state index contributed by atoms with van der Waals surface area (Å²) in [5.41, 5.74) is 0. The lowest BCUT2D eigenvalue weighted by atomic mass is 10.2. The maximum Gasteiger partial charge on any atom is 0.190 e. The average Bonchev–Trinajstić information content (AvgIpc) is 1.64. The lowest BCUT2D eigenvalue weighted by molar-refractivity contribution is -0.112. The van der Waals surface area contributed by atoms with Gasteiger partial charge in [0.1, 0.15) is 0 Å². The standard InChI is InChI=1S/C6H10OS/c1-2-3-5-4-6(7)8-5/h5H,2-4H2,1H3. The Hall–Kier alpha value is 0.0200. The van der Waals surface area contributed by atoms with Crippen molar-refractivity contribution in [2.75, 3.05) is 0 Å². The highest BCUT2D eigenvalue weighted by Crippen LogP contribution is 2.32. The van der Waals surface area contributed by atoms with Gasteiger partial charge in [0.25, 0.3) is 0 Å². The SMILES string of the molecule is CCCC1CC(=O)S1. The maximum atomic E-state index is 10.3. The van der Waals surface area contributed by atoms with Crippen LogP contribution in [0.2, 0.25) is 0 Å². The van der Waals surface area contributed by atoms with E-state index in [1.54, 1.807) is 0 Å². The van der Waals surface area contributed by atoms with E-state index < -0.39 is 0 Å².